The molecule has 1 amide bonds. The average Bonchev–Trinajstić information content (AvgIpc) is 2.42. The van der Waals surface area contributed by atoms with Crippen molar-refractivity contribution in [1.82, 2.24) is 0 Å². The highest BCUT2D eigenvalue weighted by molar-refractivity contribution is 6.30. The maximum atomic E-state index is 12.2. The molecule has 0 heterocycles. The summed E-state index contributed by atoms with van der Waals surface area (Å²) in [5.41, 5.74) is 0.660. The summed E-state index contributed by atoms with van der Waals surface area (Å²) in [5.74, 6) is -0.388. The molecule has 0 bridgehead atoms. The predicted octanol–water partition coefficient (Wildman–Crippen LogP) is 3.14. The zero-order valence-electron chi connectivity index (χ0n) is 10.9. The van der Waals surface area contributed by atoms with Gasteiger partial charge >= 0.3 is 0 Å². The van der Waals surface area contributed by atoms with Crippen LogP contribution in [-0.2, 0) is 9.53 Å². The summed E-state index contributed by atoms with van der Waals surface area (Å²) in [6.45, 7) is 4.48. The molecule has 1 aromatic carbocycles. The number of likely N-dealkylation sites (N-methyl/N-ethyl adjacent to an activating group) is 1. The number of carbonyl (C=O) groups excluding carboxylic acids is 1. The summed E-state index contributed by atoms with van der Waals surface area (Å²) in [5, 5.41) is 9.59. The van der Waals surface area contributed by atoms with Crippen LogP contribution in [0.3, 0.4) is 0 Å². The molecule has 0 saturated heterocycles. The molecule has 0 spiro atoms. The number of ether oxygens (including phenoxy) is 1. The van der Waals surface area contributed by atoms with Crippen molar-refractivity contribution >= 4 is 23.2 Å². The van der Waals surface area contributed by atoms with Gasteiger partial charge in [-0.15, -0.1) is 0 Å². The van der Waals surface area contributed by atoms with E-state index < -0.39 is 0 Å². The highest BCUT2D eigenvalue weighted by atomic mass is 35.5. The Bertz CT molecular complexity index is 503. The number of amides is 1. The molecule has 0 unspecified atom stereocenters. The Morgan fingerprint density at radius 1 is 1.42 bits per heavy atom. The molecule has 1 rings (SSSR count). The Morgan fingerprint density at radius 2 is 2.05 bits per heavy atom. The summed E-state index contributed by atoms with van der Waals surface area (Å²) in [6.07, 6.45) is 1.20. The fraction of sp³-hybridized carbons (Fsp3) is 0.286. The largest absolute Gasteiger partial charge is 0.500 e. The van der Waals surface area contributed by atoms with Crippen molar-refractivity contribution in [3.8, 4) is 6.07 Å². The number of hydrogen-bond acceptors (Lipinski definition) is 3. The van der Waals surface area contributed by atoms with E-state index in [9.17, 15) is 4.79 Å². The van der Waals surface area contributed by atoms with Crippen LogP contribution < -0.4 is 4.90 Å². The lowest BCUT2D eigenvalue weighted by molar-refractivity contribution is -0.114. The monoisotopic (exact) mass is 278 g/mol. The molecule has 0 aromatic heterocycles. The van der Waals surface area contributed by atoms with Gasteiger partial charge in [0, 0.05) is 17.3 Å². The number of rotatable bonds is 5. The molecule has 0 fully saturated rings. The van der Waals surface area contributed by atoms with E-state index >= 15 is 0 Å². The second-order valence-electron chi connectivity index (χ2n) is 3.62. The summed E-state index contributed by atoms with van der Waals surface area (Å²) in [4.78, 5) is 13.7. The summed E-state index contributed by atoms with van der Waals surface area (Å²) < 4.78 is 5.00. The van der Waals surface area contributed by atoms with Gasteiger partial charge in [0.1, 0.15) is 12.3 Å². The highest BCUT2D eigenvalue weighted by Crippen LogP contribution is 2.19. The van der Waals surface area contributed by atoms with Gasteiger partial charge in [-0.25, -0.2) is 0 Å². The number of halogens is 1. The van der Waals surface area contributed by atoms with E-state index in [0.717, 1.165) is 0 Å². The van der Waals surface area contributed by atoms with Gasteiger partial charge in [0.05, 0.1) is 6.61 Å². The Balaban J connectivity index is 3.00. The molecule has 1 aromatic rings. The van der Waals surface area contributed by atoms with Crippen LogP contribution in [0.2, 0.25) is 5.02 Å². The first kappa shape index (κ1) is 15.1. The first-order valence-electron chi connectivity index (χ1n) is 5.93. The molecule has 0 radical (unpaired) electrons. The maximum Gasteiger partial charge on any atom is 0.272 e. The molecule has 100 valence electrons. The normalized spacial score (nSPS) is 10.7. The van der Waals surface area contributed by atoms with Crippen LogP contribution in [0.15, 0.2) is 36.1 Å². The Kier molecular flexibility index (Phi) is 5.91. The van der Waals surface area contributed by atoms with E-state index in [1.807, 2.05) is 13.0 Å². The lowest BCUT2D eigenvalue weighted by Gasteiger charge is -2.20. The van der Waals surface area contributed by atoms with Crippen LogP contribution in [0.1, 0.15) is 13.8 Å². The molecule has 0 aliphatic heterocycles. The van der Waals surface area contributed by atoms with Gasteiger partial charge in [0.15, 0.2) is 5.57 Å². The third kappa shape index (κ3) is 4.01. The fourth-order valence-electron chi connectivity index (χ4n) is 1.50. The van der Waals surface area contributed by atoms with Gasteiger partial charge in [0.25, 0.3) is 5.91 Å². The van der Waals surface area contributed by atoms with Crippen molar-refractivity contribution in [2.75, 3.05) is 18.1 Å². The second kappa shape index (κ2) is 7.45. The molecule has 0 saturated carbocycles. The van der Waals surface area contributed by atoms with Crippen molar-refractivity contribution in [2.24, 2.45) is 0 Å². The summed E-state index contributed by atoms with van der Waals surface area (Å²) in [7, 11) is 0. The number of carbonyl (C=O) groups is 1. The van der Waals surface area contributed by atoms with Crippen LogP contribution in [0, 0.1) is 11.3 Å². The smallest absolute Gasteiger partial charge is 0.272 e. The summed E-state index contributed by atoms with van der Waals surface area (Å²) >= 11 is 5.81. The molecule has 19 heavy (non-hydrogen) atoms. The van der Waals surface area contributed by atoms with E-state index in [1.54, 1.807) is 31.2 Å². The minimum absolute atomic E-state index is 0.0290. The molecule has 0 N–H and O–H groups in total. The average molecular weight is 279 g/mol. The van der Waals surface area contributed by atoms with Crippen molar-refractivity contribution in [1.29, 1.82) is 5.26 Å². The van der Waals surface area contributed by atoms with Gasteiger partial charge < -0.3 is 9.64 Å². The van der Waals surface area contributed by atoms with Gasteiger partial charge in [-0.1, -0.05) is 11.6 Å². The Hall–Kier alpha value is -1.99. The number of nitrogens with zero attached hydrogens (tertiary/aromatic N) is 2. The highest BCUT2D eigenvalue weighted by Gasteiger charge is 2.18. The van der Waals surface area contributed by atoms with E-state index in [1.165, 1.54) is 11.2 Å². The molecular formula is C14H15ClN2O2. The minimum Gasteiger partial charge on any atom is -0.500 e. The van der Waals surface area contributed by atoms with E-state index in [0.29, 0.717) is 23.9 Å². The predicted molar refractivity (Wildman–Crippen MR) is 74.8 cm³/mol. The number of anilines is 1. The van der Waals surface area contributed by atoms with Gasteiger partial charge in [-0.2, -0.15) is 5.26 Å². The Labute approximate surface area is 117 Å². The third-order valence-electron chi connectivity index (χ3n) is 2.42. The fourth-order valence-corrected chi connectivity index (χ4v) is 1.63. The van der Waals surface area contributed by atoms with E-state index in [-0.39, 0.29) is 11.5 Å². The van der Waals surface area contributed by atoms with Crippen LogP contribution in [0.25, 0.3) is 0 Å². The first-order chi connectivity index (χ1) is 9.13. The molecule has 0 aliphatic carbocycles. The SMILES string of the molecule is CCO/C=C(\C#N)C(=O)N(CC)c1ccc(Cl)cc1. The van der Waals surface area contributed by atoms with Crippen molar-refractivity contribution in [2.45, 2.75) is 13.8 Å². The van der Waals surface area contributed by atoms with Crippen LogP contribution >= 0.6 is 11.6 Å². The minimum atomic E-state index is -0.388. The lowest BCUT2D eigenvalue weighted by atomic mass is 10.2. The summed E-state index contributed by atoms with van der Waals surface area (Å²) in [6, 6.07) is 8.72. The van der Waals surface area contributed by atoms with Gasteiger partial charge in [0.2, 0.25) is 0 Å². The second-order valence-corrected chi connectivity index (χ2v) is 4.06. The molecule has 0 atom stereocenters. The lowest BCUT2D eigenvalue weighted by Crippen LogP contribution is -2.31. The number of benzene rings is 1. The molecule has 4 nitrogen and oxygen atoms in total. The standard InChI is InChI=1S/C14H15ClN2O2/c1-3-17(13-7-5-12(15)6-8-13)14(18)11(9-16)10-19-4-2/h5-8,10H,3-4H2,1-2H3/b11-10+. The molecular weight excluding hydrogens is 264 g/mol. The quantitative estimate of drug-likeness (QED) is 0.472. The topological polar surface area (TPSA) is 53.3 Å². The van der Waals surface area contributed by atoms with Gasteiger partial charge in [-0.05, 0) is 38.1 Å². The van der Waals surface area contributed by atoms with Crippen molar-refractivity contribution < 1.29 is 9.53 Å². The van der Waals surface area contributed by atoms with Crippen LogP contribution in [0.4, 0.5) is 5.69 Å². The zero-order valence-corrected chi connectivity index (χ0v) is 11.6. The third-order valence-corrected chi connectivity index (χ3v) is 2.67. The van der Waals surface area contributed by atoms with Crippen LogP contribution in [0.5, 0.6) is 0 Å². The van der Waals surface area contributed by atoms with Crippen LogP contribution in [-0.4, -0.2) is 19.1 Å². The van der Waals surface area contributed by atoms with Crippen molar-refractivity contribution in [3.05, 3.63) is 41.1 Å². The first-order valence-corrected chi connectivity index (χ1v) is 6.31. The molecule has 5 heteroatoms. The van der Waals surface area contributed by atoms with Gasteiger partial charge in [-0.3, -0.25) is 4.79 Å². The van der Waals surface area contributed by atoms with E-state index in [2.05, 4.69) is 0 Å². The van der Waals surface area contributed by atoms with Crippen molar-refractivity contribution in [3.63, 3.8) is 0 Å². The zero-order chi connectivity index (χ0) is 14.3. The number of hydrogen-bond donors (Lipinski definition) is 0. The van der Waals surface area contributed by atoms with E-state index in [4.69, 9.17) is 21.6 Å². The number of nitriles is 1. The molecule has 0 aliphatic rings. The Morgan fingerprint density at radius 3 is 2.53 bits per heavy atom. The maximum absolute atomic E-state index is 12.2.